The number of aryl methyl sites for hydroxylation is 1. The number of nitrogens with zero attached hydrogens (tertiary/aromatic N) is 1. The summed E-state index contributed by atoms with van der Waals surface area (Å²) in [6.07, 6.45) is -0.176. The zero-order valence-corrected chi connectivity index (χ0v) is 15.0. The van der Waals surface area contributed by atoms with Crippen molar-refractivity contribution in [2.45, 2.75) is 19.6 Å². The summed E-state index contributed by atoms with van der Waals surface area (Å²) in [5.74, 6) is 0.285. The number of hydrogen-bond acceptors (Lipinski definition) is 4. The average Bonchev–Trinajstić information content (AvgIpc) is 2.64. The number of rotatable bonds is 6. The highest BCUT2D eigenvalue weighted by molar-refractivity contribution is 5.42. The summed E-state index contributed by atoms with van der Waals surface area (Å²) in [5, 5.41) is 0. The Morgan fingerprint density at radius 2 is 1.92 bits per heavy atom. The molecule has 6 heteroatoms. The van der Waals surface area contributed by atoms with E-state index in [9.17, 15) is 8.78 Å². The van der Waals surface area contributed by atoms with Crippen LogP contribution < -0.4 is 9.47 Å². The largest absolute Gasteiger partial charge is 0.493 e. The molecule has 0 radical (unpaired) electrons. The summed E-state index contributed by atoms with van der Waals surface area (Å²) in [5.41, 5.74) is 1.18. The Morgan fingerprint density at radius 1 is 1.15 bits per heavy atom. The summed E-state index contributed by atoms with van der Waals surface area (Å²) in [6.45, 7) is 4.20. The molecule has 3 rings (SSSR count). The Morgan fingerprint density at radius 3 is 2.65 bits per heavy atom. The second kappa shape index (κ2) is 8.47. The molecule has 0 amide bonds. The molecule has 1 saturated heterocycles. The van der Waals surface area contributed by atoms with E-state index in [0.717, 1.165) is 5.56 Å². The fourth-order valence-electron chi connectivity index (χ4n) is 3.01. The van der Waals surface area contributed by atoms with Gasteiger partial charge in [0.05, 0.1) is 13.7 Å². The lowest BCUT2D eigenvalue weighted by molar-refractivity contribution is -0.0511. The first-order chi connectivity index (χ1) is 12.6. The van der Waals surface area contributed by atoms with Gasteiger partial charge >= 0.3 is 0 Å². The van der Waals surface area contributed by atoms with E-state index in [-0.39, 0.29) is 18.2 Å². The summed E-state index contributed by atoms with van der Waals surface area (Å²) >= 11 is 0. The van der Waals surface area contributed by atoms with Gasteiger partial charge in [-0.05, 0) is 36.8 Å². The van der Waals surface area contributed by atoms with Gasteiger partial charge in [-0.3, -0.25) is 4.90 Å². The average molecular weight is 363 g/mol. The van der Waals surface area contributed by atoms with E-state index < -0.39 is 11.6 Å². The van der Waals surface area contributed by atoms with E-state index in [2.05, 4.69) is 0 Å². The van der Waals surface area contributed by atoms with Gasteiger partial charge in [0.2, 0.25) is 0 Å². The molecule has 0 spiro atoms. The van der Waals surface area contributed by atoms with Crippen LogP contribution >= 0.6 is 0 Å². The Bertz CT molecular complexity index is 734. The molecule has 1 fully saturated rings. The van der Waals surface area contributed by atoms with Gasteiger partial charge in [0.15, 0.2) is 11.5 Å². The van der Waals surface area contributed by atoms with Gasteiger partial charge in [0, 0.05) is 25.2 Å². The van der Waals surface area contributed by atoms with Crippen molar-refractivity contribution in [1.82, 2.24) is 4.90 Å². The topological polar surface area (TPSA) is 30.9 Å². The van der Waals surface area contributed by atoms with Gasteiger partial charge in [-0.15, -0.1) is 0 Å². The van der Waals surface area contributed by atoms with Crippen LogP contribution in [0.3, 0.4) is 0 Å². The third kappa shape index (κ3) is 4.51. The maximum absolute atomic E-state index is 13.9. The Hall–Kier alpha value is -2.18. The highest BCUT2D eigenvalue weighted by atomic mass is 19.1. The molecule has 4 nitrogen and oxygen atoms in total. The van der Waals surface area contributed by atoms with E-state index in [1.54, 1.807) is 7.11 Å². The van der Waals surface area contributed by atoms with Crippen LogP contribution in [-0.4, -0.2) is 44.4 Å². The van der Waals surface area contributed by atoms with E-state index in [1.165, 1.54) is 18.2 Å². The maximum atomic E-state index is 13.9. The molecule has 0 aromatic heterocycles. The van der Waals surface area contributed by atoms with Crippen molar-refractivity contribution < 1.29 is 23.0 Å². The molecule has 0 bridgehead atoms. The lowest BCUT2D eigenvalue weighted by Gasteiger charge is -2.33. The number of methoxy groups -OCH3 is 1. The molecule has 2 aromatic carbocycles. The summed E-state index contributed by atoms with van der Waals surface area (Å²) < 4.78 is 44.6. The van der Waals surface area contributed by atoms with Gasteiger partial charge < -0.3 is 14.2 Å². The number of benzene rings is 2. The fourth-order valence-corrected chi connectivity index (χ4v) is 3.01. The predicted octanol–water partition coefficient (Wildman–Crippen LogP) is 3.56. The molecule has 0 unspecified atom stereocenters. The van der Waals surface area contributed by atoms with Crippen molar-refractivity contribution in [2.24, 2.45) is 0 Å². The molecule has 0 aliphatic carbocycles. The molecular formula is C20H23F2NO3. The molecule has 0 N–H and O–H groups in total. The summed E-state index contributed by atoms with van der Waals surface area (Å²) in [4.78, 5) is 1.98. The first kappa shape index (κ1) is 18.6. The fraction of sp³-hybridized carbons (Fsp3) is 0.400. The smallest absolute Gasteiger partial charge is 0.161 e. The van der Waals surface area contributed by atoms with Crippen LogP contribution in [0.1, 0.15) is 11.1 Å². The standard InChI is InChI=1S/C20H23F2NO3/c1-14-6-7-19(20(10-14)24-2)26-13-15-11-23(8-9-25-15)12-16-17(21)4-3-5-18(16)22/h3-7,10,15H,8-9,11-13H2,1-2H3/t15-/m1/s1. The molecule has 26 heavy (non-hydrogen) atoms. The normalized spacial score (nSPS) is 17.9. The Balaban J connectivity index is 1.59. The minimum atomic E-state index is -0.520. The van der Waals surface area contributed by atoms with Crippen LogP contribution in [0, 0.1) is 18.6 Å². The molecule has 140 valence electrons. The third-order valence-electron chi connectivity index (χ3n) is 4.41. The molecule has 1 aliphatic rings. The van der Waals surface area contributed by atoms with Crippen LogP contribution in [0.25, 0.3) is 0 Å². The van der Waals surface area contributed by atoms with Crippen molar-refractivity contribution in [1.29, 1.82) is 0 Å². The minimum absolute atomic E-state index is 0.0919. The Kier molecular flexibility index (Phi) is 6.06. The first-order valence-corrected chi connectivity index (χ1v) is 8.61. The quantitative estimate of drug-likeness (QED) is 0.785. The van der Waals surface area contributed by atoms with Gasteiger partial charge in [0.25, 0.3) is 0 Å². The van der Waals surface area contributed by atoms with Crippen LogP contribution in [0.5, 0.6) is 11.5 Å². The molecule has 1 heterocycles. The van der Waals surface area contributed by atoms with Crippen LogP contribution in [0.4, 0.5) is 8.78 Å². The monoisotopic (exact) mass is 363 g/mol. The third-order valence-corrected chi connectivity index (χ3v) is 4.41. The van der Waals surface area contributed by atoms with Crippen LogP contribution in [-0.2, 0) is 11.3 Å². The number of halogens is 2. The van der Waals surface area contributed by atoms with E-state index in [4.69, 9.17) is 14.2 Å². The summed E-state index contributed by atoms with van der Waals surface area (Å²) in [6, 6.07) is 9.66. The Labute approximate surface area is 152 Å². The number of ether oxygens (including phenoxy) is 3. The number of hydrogen-bond donors (Lipinski definition) is 0. The maximum Gasteiger partial charge on any atom is 0.161 e. The SMILES string of the molecule is COc1cc(C)ccc1OC[C@H]1CN(Cc2c(F)cccc2F)CCO1. The predicted molar refractivity (Wildman–Crippen MR) is 94.6 cm³/mol. The zero-order chi connectivity index (χ0) is 18.5. The number of morpholine rings is 1. The van der Waals surface area contributed by atoms with Gasteiger partial charge in [-0.2, -0.15) is 0 Å². The molecular weight excluding hydrogens is 340 g/mol. The molecule has 1 aliphatic heterocycles. The second-order valence-electron chi connectivity index (χ2n) is 6.39. The van der Waals surface area contributed by atoms with Crippen molar-refractivity contribution >= 4 is 0 Å². The highest BCUT2D eigenvalue weighted by Gasteiger charge is 2.23. The molecule has 0 saturated carbocycles. The van der Waals surface area contributed by atoms with Crippen molar-refractivity contribution in [2.75, 3.05) is 33.4 Å². The van der Waals surface area contributed by atoms with Gasteiger partial charge in [0.1, 0.15) is 24.3 Å². The van der Waals surface area contributed by atoms with Crippen LogP contribution in [0.2, 0.25) is 0 Å². The first-order valence-electron chi connectivity index (χ1n) is 8.61. The summed E-state index contributed by atoms with van der Waals surface area (Å²) in [7, 11) is 1.60. The van der Waals surface area contributed by atoms with E-state index in [0.29, 0.717) is 37.8 Å². The van der Waals surface area contributed by atoms with Crippen molar-refractivity contribution in [3.05, 3.63) is 59.2 Å². The molecule has 2 aromatic rings. The zero-order valence-electron chi connectivity index (χ0n) is 15.0. The van der Waals surface area contributed by atoms with E-state index in [1.807, 2.05) is 30.0 Å². The second-order valence-corrected chi connectivity index (χ2v) is 6.39. The van der Waals surface area contributed by atoms with Gasteiger partial charge in [-0.1, -0.05) is 12.1 Å². The highest BCUT2D eigenvalue weighted by Crippen LogP contribution is 2.28. The molecule has 1 atom stereocenters. The van der Waals surface area contributed by atoms with E-state index >= 15 is 0 Å². The lowest BCUT2D eigenvalue weighted by atomic mass is 10.1. The lowest BCUT2D eigenvalue weighted by Crippen LogP contribution is -2.44. The van der Waals surface area contributed by atoms with Gasteiger partial charge in [-0.25, -0.2) is 8.78 Å². The van der Waals surface area contributed by atoms with Crippen molar-refractivity contribution in [3.63, 3.8) is 0 Å². The van der Waals surface area contributed by atoms with Crippen molar-refractivity contribution in [3.8, 4) is 11.5 Å². The van der Waals surface area contributed by atoms with Crippen LogP contribution in [0.15, 0.2) is 36.4 Å². The minimum Gasteiger partial charge on any atom is -0.493 e.